The van der Waals surface area contributed by atoms with Crippen molar-refractivity contribution in [2.75, 3.05) is 18.0 Å². The largest absolute Gasteiger partial charge is 0.370 e. The van der Waals surface area contributed by atoms with Crippen LogP contribution < -0.4 is 10.6 Å². The quantitative estimate of drug-likeness (QED) is 0.888. The van der Waals surface area contributed by atoms with Crippen molar-refractivity contribution in [1.29, 1.82) is 0 Å². The van der Waals surface area contributed by atoms with E-state index in [-0.39, 0.29) is 0 Å². The first-order valence-corrected chi connectivity index (χ1v) is 7.06. The van der Waals surface area contributed by atoms with Gasteiger partial charge in [0.2, 0.25) is 0 Å². The molecule has 1 aliphatic rings. The van der Waals surface area contributed by atoms with E-state index in [1.165, 1.54) is 28.4 Å². The van der Waals surface area contributed by atoms with Crippen LogP contribution in [0.4, 0.5) is 5.69 Å². The second-order valence-corrected chi connectivity index (χ2v) is 6.33. The Bertz CT molecular complexity index is 601. The first-order chi connectivity index (χ1) is 9.11. The number of benzene rings is 2. The molecule has 0 atom stereocenters. The molecule has 0 bridgehead atoms. The van der Waals surface area contributed by atoms with Gasteiger partial charge in [-0.1, -0.05) is 44.2 Å². The molecular formula is C17H22N2. The summed E-state index contributed by atoms with van der Waals surface area (Å²) in [4.78, 5) is 2.52. The minimum atomic E-state index is 0.424. The molecule has 0 unspecified atom stereocenters. The Hall–Kier alpha value is -1.54. The monoisotopic (exact) mass is 254 g/mol. The predicted octanol–water partition coefficient (Wildman–Crippen LogP) is 3.53. The average molecular weight is 254 g/mol. The van der Waals surface area contributed by atoms with Gasteiger partial charge >= 0.3 is 0 Å². The average Bonchev–Trinajstić information content (AvgIpc) is 2.77. The summed E-state index contributed by atoms with van der Waals surface area (Å²) in [5.41, 5.74) is 8.87. The standard InChI is InChI=1S/C17H22N2/c1-17(2)9-10-19(12-17)16-8-7-13(11-18)14-5-3-4-6-15(14)16/h3-8H,9-12,18H2,1-2H3. The predicted molar refractivity (Wildman–Crippen MR) is 82.5 cm³/mol. The number of rotatable bonds is 2. The molecule has 0 radical (unpaired) electrons. The second-order valence-electron chi connectivity index (χ2n) is 6.33. The van der Waals surface area contributed by atoms with E-state index in [0.29, 0.717) is 12.0 Å². The summed E-state index contributed by atoms with van der Waals surface area (Å²) in [7, 11) is 0. The third-order valence-electron chi connectivity index (χ3n) is 4.23. The maximum Gasteiger partial charge on any atom is 0.0446 e. The Labute approximate surface area is 115 Å². The zero-order chi connectivity index (χ0) is 13.5. The molecule has 0 aliphatic carbocycles. The number of nitrogens with two attached hydrogens (primary N) is 1. The topological polar surface area (TPSA) is 29.3 Å². The lowest BCUT2D eigenvalue weighted by molar-refractivity contribution is 0.418. The molecule has 2 heteroatoms. The Kier molecular flexibility index (Phi) is 2.98. The zero-order valence-corrected chi connectivity index (χ0v) is 11.8. The highest BCUT2D eigenvalue weighted by atomic mass is 15.2. The van der Waals surface area contributed by atoms with E-state index in [1.807, 2.05) is 0 Å². The molecule has 3 rings (SSSR count). The fourth-order valence-electron chi connectivity index (χ4n) is 3.12. The van der Waals surface area contributed by atoms with Crippen LogP contribution in [0.15, 0.2) is 36.4 Å². The summed E-state index contributed by atoms with van der Waals surface area (Å²) in [6.45, 7) is 7.59. The maximum absolute atomic E-state index is 5.85. The van der Waals surface area contributed by atoms with Crippen LogP contribution in [-0.2, 0) is 6.54 Å². The number of fused-ring (bicyclic) bond motifs is 1. The van der Waals surface area contributed by atoms with E-state index in [1.54, 1.807) is 0 Å². The van der Waals surface area contributed by atoms with Crippen molar-refractivity contribution in [3.8, 4) is 0 Å². The Morgan fingerprint density at radius 3 is 2.47 bits per heavy atom. The lowest BCUT2D eigenvalue weighted by Crippen LogP contribution is -2.23. The lowest BCUT2D eigenvalue weighted by atomic mass is 9.93. The van der Waals surface area contributed by atoms with E-state index in [4.69, 9.17) is 5.73 Å². The fourth-order valence-corrected chi connectivity index (χ4v) is 3.12. The second kappa shape index (κ2) is 4.53. The van der Waals surface area contributed by atoms with Gasteiger partial charge in [-0.2, -0.15) is 0 Å². The lowest BCUT2D eigenvalue weighted by Gasteiger charge is -2.23. The molecule has 1 saturated heterocycles. The molecule has 19 heavy (non-hydrogen) atoms. The minimum absolute atomic E-state index is 0.424. The molecule has 0 saturated carbocycles. The smallest absolute Gasteiger partial charge is 0.0446 e. The molecule has 0 spiro atoms. The van der Waals surface area contributed by atoms with Crippen molar-refractivity contribution in [3.63, 3.8) is 0 Å². The van der Waals surface area contributed by atoms with Gasteiger partial charge in [0.15, 0.2) is 0 Å². The van der Waals surface area contributed by atoms with Gasteiger partial charge in [0.05, 0.1) is 0 Å². The van der Waals surface area contributed by atoms with Gasteiger partial charge < -0.3 is 10.6 Å². The molecule has 1 heterocycles. The highest BCUT2D eigenvalue weighted by molar-refractivity contribution is 5.96. The number of nitrogens with zero attached hydrogens (tertiary/aromatic N) is 1. The fraction of sp³-hybridized carbons (Fsp3) is 0.412. The van der Waals surface area contributed by atoms with Gasteiger partial charge in [0.1, 0.15) is 0 Å². The van der Waals surface area contributed by atoms with Gasteiger partial charge in [-0.15, -0.1) is 0 Å². The van der Waals surface area contributed by atoms with Crippen LogP contribution in [0.3, 0.4) is 0 Å². The van der Waals surface area contributed by atoms with Crippen molar-refractivity contribution < 1.29 is 0 Å². The van der Waals surface area contributed by atoms with Crippen molar-refractivity contribution in [1.82, 2.24) is 0 Å². The summed E-state index contributed by atoms with van der Waals surface area (Å²) in [5, 5.41) is 2.63. The van der Waals surface area contributed by atoms with Gasteiger partial charge in [0.25, 0.3) is 0 Å². The molecular weight excluding hydrogens is 232 g/mol. The van der Waals surface area contributed by atoms with Crippen molar-refractivity contribution >= 4 is 16.5 Å². The van der Waals surface area contributed by atoms with Gasteiger partial charge in [-0.05, 0) is 28.9 Å². The molecule has 2 aromatic carbocycles. The van der Waals surface area contributed by atoms with E-state index in [0.717, 1.165) is 13.1 Å². The van der Waals surface area contributed by atoms with Gasteiger partial charge in [0, 0.05) is 30.7 Å². The van der Waals surface area contributed by atoms with Gasteiger partial charge in [-0.25, -0.2) is 0 Å². The Balaban J connectivity index is 2.10. The highest BCUT2D eigenvalue weighted by Gasteiger charge is 2.29. The summed E-state index contributed by atoms with van der Waals surface area (Å²) < 4.78 is 0. The summed E-state index contributed by atoms with van der Waals surface area (Å²) in [5.74, 6) is 0. The summed E-state index contributed by atoms with van der Waals surface area (Å²) in [6.07, 6.45) is 1.26. The molecule has 1 aliphatic heterocycles. The maximum atomic E-state index is 5.85. The SMILES string of the molecule is CC1(C)CCN(c2ccc(CN)c3ccccc23)C1. The normalized spacial score (nSPS) is 18.2. The van der Waals surface area contributed by atoms with Crippen LogP contribution in [0.25, 0.3) is 10.8 Å². The van der Waals surface area contributed by atoms with Crippen molar-refractivity contribution in [3.05, 3.63) is 42.0 Å². The molecule has 0 amide bonds. The number of hydrogen-bond acceptors (Lipinski definition) is 2. The molecule has 2 nitrogen and oxygen atoms in total. The first kappa shape index (κ1) is 12.5. The molecule has 0 aromatic heterocycles. The molecule has 2 aromatic rings. The first-order valence-electron chi connectivity index (χ1n) is 7.06. The third-order valence-corrected chi connectivity index (χ3v) is 4.23. The third kappa shape index (κ3) is 2.21. The van der Waals surface area contributed by atoms with Gasteiger partial charge in [-0.3, -0.25) is 0 Å². The molecule has 2 N–H and O–H groups in total. The van der Waals surface area contributed by atoms with E-state index >= 15 is 0 Å². The van der Waals surface area contributed by atoms with Crippen molar-refractivity contribution in [2.45, 2.75) is 26.8 Å². The Morgan fingerprint density at radius 1 is 1.11 bits per heavy atom. The van der Waals surface area contributed by atoms with Crippen LogP contribution in [0.1, 0.15) is 25.8 Å². The van der Waals surface area contributed by atoms with E-state index < -0.39 is 0 Å². The molecule has 1 fully saturated rings. The Morgan fingerprint density at radius 2 is 1.84 bits per heavy atom. The number of hydrogen-bond donors (Lipinski definition) is 1. The summed E-state index contributed by atoms with van der Waals surface area (Å²) >= 11 is 0. The van der Waals surface area contributed by atoms with Crippen LogP contribution in [0.5, 0.6) is 0 Å². The van der Waals surface area contributed by atoms with Crippen molar-refractivity contribution in [2.24, 2.45) is 11.1 Å². The summed E-state index contributed by atoms with van der Waals surface area (Å²) in [6, 6.07) is 13.0. The minimum Gasteiger partial charge on any atom is -0.370 e. The molecule has 100 valence electrons. The van der Waals surface area contributed by atoms with E-state index in [9.17, 15) is 0 Å². The zero-order valence-electron chi connectivity index (χ0n) is 11.8. The number of anilines is 1. The highest BCUT2D eigenvalue weighted by Crippen LogP contribution is 2.36. The van der Waals surface area contributed by atoms with Crippen LogP contribution in [-0.4, -0.2) is 13.1 Å². The van der Waals surface area contributed by atoms with E-state index in [2.05, 4.69) is 55.1 Å². The van der Waals surface area contributed by atoms with Crippen LogP contribution in [0.2, 0.25) is 0 Å². The van der Waals surface area contributed by atoms with Crippen LogP contribution in [0, 0.1) is 5.41 Å². The van der Waals surface area contributed by atoms with Crippen LogP contribution >= 0.6 is 0 Å².